The molecule has 2 aromatic rings. The van der Waals surface area contributed by atoms with E-state index in [1.165, 1.54) is 5.56 Å². The number of nitrogens with zero attached hydrogens (tertiary/aromatic N) is 2. The summed E-state index contributed by atoms with van der Waals surface area (Å²) in [7, 11) is 1.65. The number of rotatable bonds is 2. The molecule has 3 rings (SSSR count). The molecule has 0 radical (unpaired) electrons. The molecule has 1 aliphatic carbocycles. The summed E-state index contributed by atoms with van der Waals surface area (Å²) in [5, 5.41) is 9.71. The van der Waals surface area contributed by atoms with Gasteiger partial charge in [0.05, 0.1) is 7.11 Å². The Morgan fingerprint density at radius 1 is 1.32 bits per heavy atom. The van der Waals surface area contributed by atoms with E-state index in [1.54, 1.807) is 7.11 Å². The van der Waals surface area contributed by atoms with Gasteiger partial charge in [-0.1, -0.05) is 32.9 Å². The van der Waals surface area contributed by atoms with Crippen LogP contribution < -0.4 is 10.5 Å². The van der Waals surface area contributed by atoms with Crippen LogP contribution in [-0.4, -0.2) is 12.1 Å². The molecule has 0 amide bonds. The quantitative estimate of drug-likeness (QED) is 0.885. The molecule has 0 spiro atoms. The highest BCUT2D eigenvalue weighted by Gasteiger charge is 2.32. The van der Waals surface area contributed by atoms with Crippen LogP contribution in [-0.2, 0) is 12.8 Å². The van der Waals surface area contributed by atoms with Crippen molar-refractivity contribution in [2.75, 3.05) is 12.8 Å². The second-order valence-electron chi connectivity index (χ2n) is 7.82. The van der Waals surface area contributed by atoms with Gasteiger partial charge in [0.25, 0.3) is 0 Å². The first-order chi connectivity index (χ1) is 11.8. The van der Waals surface area contributed by atoms with Gasteiger partial charge in [-0.15, -0.1) is 0 Å². The molecule has 130 valence electrons. The van der Waals surface area contributed by atoms with Crippen molar-refractivity contribution < 1.29 is 4.74 Å². The second-order valence-corrected chi connectivity index (χ2v) is 7.82. The molecule has 25 heavy (non-hydrogen) atoms. The van der Waals surface area contributed by atoms with Crippen LogP contribution in [0.4, 0.5) is 5.82 Å². The van der Waals surface area contributed by atoms with Crippen molar-refractivity contribution in [2.24, 2.45) is 11.3 Å². The molecule has 4 heteroatoms. The fourth-order valence-electron chi connectivity index (χ4n) is 3.73. The third-order valence-electron chi connectivity index (χ3n) is 5.29. The van der Waals surface area contributed by atoms with Crippen LogP contribution in [0, 0.1) is 22.7 Å². The van der Waals surface area contributed by atoms with Crippen LogP contribution in [0.2, 0.25) is 0 Å². The van der Waals surface area contributed by atoms with Crippen molar-refractivity contribution >= 4 is 5.82 Å². The van der Waals surface area contributed by atoms with Gasteiger partial charge in [-0.2, -0.15) is 5.26 Å². The minimum absolute atomic E-state index is 0.220. The topological polar surface area (TPSA) is 71.9 Å². The fraction of sp³-hybridized carbons (Fsp3) is 0.429. The maximum Gasteiger partial charge on any atom is 0.142 e. The number of nitrogens with two attached hydrogens (primary N) is 1. The van der Waals surface area contributed by atoms with Gasteiger partial charge in [-0.3, -0.25) is 0 Å². The average Bonchev–Trinajstić information content (AvgIpc) is 2.59. The van der Waals surface area contributed by atoms with E-state index in [-0.39, 0.29) is 5.41 Å². The van der Waals surface area contributed by atoms with Crippen molar-refractivity contribution in [3.05, 3.63) is 41.1 Å². The number of nitriles is 1. The molecule has 0 aliphatic heterocycles. The molecule has 1 aromatic heterocycles. The number of hydrogen-bond donors (Lipinski definition) is 1. The lowest BCUT2D eigenvalue weighted by atomic mass is 9.70. The molecular formula is C21H25N3O. The zero-order chi connectivity index (χ0) is 18.2. The van der Waals surface area contributed by atoms with E-state index in [0.717, 1.165) is 41.8 Å². The summed E-state index contributed by atoms with van der Waals surface area (Å²) < 4.78 is 5.37. The SMILES string of the molecule is COc1cccc(-c2c(C#N)c(N)nc3c2CC(C(C)(C)C)CC3)c1. The number of hydrogen-bond acceptors (Lipinski definition) is 4. The maximum atomic E-state index is 9.71. The Morgan fingerprint density at radius 3 is 2.72 bits per heavy atom. The monoisotopic (exact) mass is 335 g/mol. The molecule has 1 heterocycles. The third kappa shape index (κ3) is 3.19. The first-order valence-corrected chi connectivity index (χ1v) is 8.71. The first-order valence-electron chi connectivity index (χ1n) is 8.71. The summed E-state index contributed by atoms with van der Waals surface area (Å²) in [5.41, 5.74) is 10.9. The standard InChI is InChI=1S/C21H25N3O/c1-21(2,3)14-8-9-18-16(11-14)19(17(12-22)20(23)24-18)13-6-5-7-15(10-13)25-4/h5-7,10,14H,8-9,11H2,1-4H3,(H2,23,24). The number of methoxy groups -OCH3 is 1. The van der Waals surface area contributed by atoms with E-state index >= 15 is 0 Å². The van der Waals surface area contributed by atoms with Crippen LogP contribution in [0.25, 0.3) is 11.1 Å². The normalized spacial score (nSPS) is 16.8. The number of fused-ring (bicyclic) bond motifs is 1. The predicted octanol–water partition coefficient (Wildman–Crippen LogP) is 4.36. The van der Waals surface area contributed by atoms with Crippen molar-refractivity contribution in [3.63, 3.8) is 0 Å². The van der Waals surface area contributed by atoms with Crippen molar-refractivity contribution in [1.82, 2.24) is 4.98 Å². The number of aromatic nitrogens is 1. The fourth-order valence-corrected chi connectivity index (χ4v) is 3.73. The van der Waals surface area contributed by atoms with E-state index in [2.05, 4.69) is 31.8 Å². The summed E-state index contributed by atoms with van der Waals surface area (Å²) in [6, 6.07) is 10.1. The Morgan fingerprint density at radius 2 is 2.08 bits per heavy atom. The molecule has 1 aromatic carbocycles. The van der Waals surface area contributed by atoms with Crippen LogP contribution in [0.3, 0.4) is 0 Å². The van der Waals surface area contributed by atoms with Gasteiger partial charge in [-0.25, -0.2) is 4.98 Å². The summed E-state index contributed by atoms with van der Waals surface area (Å²) in [6.07, 6.45) is 2.93. The van der Waals surface area contributed by atoms with Crippen molar-refractivity contribution in [3.8, 4) is 22.9 Å². The number of ether oxygens (including phenoxy) is 1. The Bertz CT molecular complexity index is 843. The number of anilines is 1. The predicted molar refractivity (Wildman–Crippen MR) is 100 cm³/mol. The lowest BCUT2D eigenvalue weighted by Gasteiger charge is -2.35. The van der Waals surface area contributed by atoms with Crippen LogP contribution in [0.15, 0.2) is 24.3 Å². The summed E-state index contributed by atoms with van der Waals surface area (Å²) >= 11 is 0. The summed E-state index contributed by atoms with van der Waals surface area (Å²) in [5.74, 6) is 1.66. The smallest absolute Gasteiger partial charge is 0.142 e. The Hall–Kier alpha value is -2.54. The molecule has 0 fully saturated rings. The molecule has 0 saturated carbocycles. The highest BCUT2D eigenvalue weighted by atomic mass is 16.5. The van der Waals surface area contributed by atoms with E-state index in [9.17, 15) is 5.26 Å². The zero-order valence-corrected chi connectivity index (χ0v) is 15.4. The Balaban J connectivity index is 2.23. The van der Waals surface area contributed by atoms with Crippen molar-refractivity contribution in [1.29, 1.82) is 5.26 Å². The maximum absolute atomic E-state index is 9.71. The van der Waals surface area contributed by atoms with Gasteiger partial charge in [-0.05, 0) is 53.9 Å². The molecule has 4 nitrogen and oxygen atoms in total. The minimum atomic E-state index is 0.220. The number of pyridine rings is 1. The molecule has 0 bridgehead atoms. The number of nitrogen functional groups attached to an aromatic ring is 1. The van der Waals surface area contributed by atoms with Gasteiger partial charge in [0.15, 0.2) is 0 Å². The van der Waals surface area contributed by atoms with E-state index in [0.29, 0.717) is 17.3 Å². The number of aryl methyl sites for hydroxylation is 1. The van der Waals surface area contributed by atoms with Gasteiger partial charge in [0.2, 0.25) is 0 Å². The summed E-state index contributed by atoms with van der Waals surface area (Å²) in [6.45, 7) is 6.84. The average molecular weight is 335 g/mol. The van der Waals surface area contributed by atoms with Gasteiger partial charge in [0.1, 0.15) is 23.2 Å². The van der Waals surface area contributed by atoms with E-state index in [1.807, 2.05) is 24.3 Å². The van der Waals surface area contributed by atoms with E-state index in [4.69, 9.17) is 10.5 Å². The Labute approximate surface area is 149 Å². The lowest BCUT2D eigenvalue weighted by Crippen LogP contribution is -2.28. The third-order valence-corrected chi connectivity index (χ3v) is 5.29. The van der Waals surface area contributed by atoms with Gasteiger partial charge >= 0.3 is 0 Å². The summed E-state index contributed by atoms with van der Waals surface area (Å²) in [4.78, 5) is 4.55. The minimum Gasteiger partial charge on any atom is -0.497 e. The molecular weight excluding hydrogens is 310 g/mol. The molecule has 2 N–H and O–H groups in total. The molecule has 0 saturated heterocycles. The Kier molecular flexibility index (Phi) is 4.43. The van der Waals surface area contributed by atoms with Crippen LogP contribution in [0.1, 0.15) is 44.0 Å². The first kappa shape index (κ1) is 17.3. The molecule has 1 atom stereocenters. The molecule has 1 unspecified atom stereocenters. The zero-order valence-electron chi connectivity index (χ0n) is 15.4. The van der Waals surface area contributed by atoms with E-state index < -0.39 is 0 Å². The second kappa shape index (κ2) is 6.40. The highest BCUT2D eigenvalue weighted by Crippen LogP contribution is 2.42. The largest absolute Gasteiger partial charge is 0.497 e. The van der Waals surface area contributed by atoms with Gasteiger partial charge in [0, 0.05) is 11.3 Å². The van der Waals surface area contributed by atoms with Crippen molar-refractivity contribution in [2.45, 2.75) is 40.0 Å². The van der Waals surface area contributed by atoms with Crippen LogP contribution in [0.5, 0.6) is 5.75 Å². The lowest BCUT2D eigenvalue weighted by molar-refractivity contribution is 0.215. The number of benzene rings is 1. The molecule has 1 aliphatic rings. The van der Waals surface area contributed by atoms with Gasteiger partial charge < -0.3 is 10.5 Å². The highest BCUT2D eigenvalue weighted by molar-refractivity contribution is 5.80. The van der Waals surface area contributed by atoms with Crippen LogP contribution >= 0.6 is 0 Å².